The number of rotatable bonds is 6. The van der Waals surface area contributed by atoms with Gasteiger partial charge in [-0.25, -0.2) is 4.99 Å². The zero-order chi connectivity index (χ0) is 23.6. The molecule has 8 nitrogen and oxygen atoms in total. The van der Waals surface area contributed by atoms with E-state index in [1.165, 1.54) is 16.5 Å². The van der Waals surface area contributed by atoms with Crippen LogP contribution in [0.1, 0.15) is 34.8 Å². The summed E-state index contributed by atoms with van der Waals surface area (Å²) in [5, 5.41) is 35.1. The van der Waals surface area contributed by atoms with E-state index in [2.05, 4.69) is 10.3 Å². The summed E-state index contributed by atoms with van der Waals surface area (Å²) >= 11 is 0. The van der Waals surface area contributed by atoms with E-state index < -0.39 is 0 Å². The number of benzene rings is 2. The molecule has 0 atom stereocenters. The summed E-state index contributed by atoms with van der Waals surface area (Å²) in [7, 11) is 4.69. The van der Waals surface area contributed by atoms with Gasteiger partial charge in [-0.1, -0.05) is 43.3 Å². The Hall–Kier alpha value is -3.94. The van der Waals surface area contributed by atoms with Gasteiger partial charge >= 0.3 is 0 Å². The molecule has 168 valence electrons. The molecule has 4 N–H and O–H groups in total. The van der Waals surface area contributed by atoms with Crippen LogP contribution >= 0.6 is 0 Å². The van der Waals surface area contributed by atoms with Crippen molar-refractivity contribution < 1.29 is 20.1 Å². The minimum atomic E-state index is -0.360. The highest BCUT2D eigenvalue weighted by atomic mass is 16.3. The number of carbonyl (C=O) groups is 1. The van der Waals surface area contributed by atoms with Crippen molar-refractivity contribution in [2.24, 2.45) is 12.0 Å². The number of aliphatic imine (C=N–C) groups is 1. The lowest BCUT2D eigenvalue weighted by Gasteiger charge is -2.17. The molecule has 0 saturated heterocycles. The normalized spacial score (nSPS) is 11.5. The molecule has 1 heterocycles. The molecule has 0 aliphatic carbocycles. The number of aromatic hydroxyl groups is 3. The fraction of sp³-hybridized carbons (Fsp3) is 0.250. The Morgan fingerprint density at radius 3 is 2.28 bits per heavy atom. The second kappa shape index (κ2) is 9.05. The van der Waals surface area contributed by atoms with Crippen molar-refractivity contribution >= 4 is 28.7 Å². The maximum Gasteiger partial charge on any atom is 0.257 e. The van der Waals surface area contributed by atoms with Crippen molar-refractivity contribution in [2.75, 3.05) is 19.4 Å². The van der Waals surface area contributed by atoms with Crippen LogP contribution in [0, 0.1) is 6.92 Å². The van der Waals surface area contributed by atoms with Gasteiger partial charge in [0.15, 0.2) is 11.4 Å². The Morgan fingerprint density at radius 2 is 1.69 bits per heavy atom. The summed E-state index contributed by atoms with van der Waals surface area (Å²) in [5.41, 5.74) is 2.87. The topological polar surface area (TPSA) is 110 Å². The number of phenols is 1. The number of anilines is 2. The zero-order valence-corrected chi connectivity index (χ0v) is 18.8. The van der Waals surface area contributed by atoms with E-state index in [4.69, 9.17) is 0 Å². The van der Waals surface area contributed by atoms with E-state index >= 15 is 0 Å². The highest BCUT2D eigenvalue weighted by molar-refractivity contribution is 6.04. The molecule has 0 aliphatic heterocycles. The molecule has 0 fully saturated rings. The average Bonchev–Trinajstić information content (AvgIpc) is 2.98. The minimum absolute atomic E-state index is 0.117. The summed E-state index contributed by atoms with van der Waals surface area (Å²) in [4.78, 5) is 18.4. The Balaban J connectivity index is 2.15. The van der Waals surface area contributed by atoms with Gasteiger partial charge in [0, 0.05) is 26.9 Å². The molecule has 0 aliphatic rings. The van der Waals surface area contributed by atoms with E-state index in [0.717, 1.165) is 5.56 Å². The first kappa shape index (κ1) is 22.7. The maximum absolute atomic E-state index is 12.4. The van der Waals surface area contributed by atoms with Crippen LogP contribution in [0.5, 0.6) is 17.5 Å². The number of aromatic nitrogens is 1. The fourth-order valence-electron chi connectivity index (χ4n) is 3.37. The Morgan fingerprint density at radius 1 is 1.03 bits per heavy atom. The van der Waals surface area contributed by atoms with Crippen LogP contribution < -0.4 is 5.32 Å². The third kappa shape index (κ3) is 4.12. The maximum atomic E-state index is 12.4. The van der Waals surface area contributed by atoms with Crippen LogP contribution in [0.15, 0.2) is 47.5 Å². The second-order valence-corrected chi connectivity index (χ2v) is 7.69. The molecule has 3 rings (SSSR count). The van der Waals surface area contributed by atoms with Crippen molar-refractivity contribution in [1.82, 2.24) is 9.47 Å². The quantitative estimate of drug-likeness (QED) is 0.338. The highest BCUT2D eigenvalue weighted by Crippen LogP contribution is 2.48. The molecule has 3 aromatic rings. The third-order valence-corrected chi connectivity index (χ3v) is 5.27. The molecular weight excluding hydrogens is 408 g/mol. The molecule has 0 radical (unpaired) electrons. The van der Waals surface area contributed by atoms with Gasteiger partial charge in [0.2, 0.25) is 11.8 Å². The van der Waals surface area contributed by atoms with Crippen LogP contribution in [0.25, 0.3) is 0 Å². The molecule has 0 unspecified atom stereocenters. The molecule has 8 heteroatoms. The van der Waals surface area contributed by atoms with Gasteiger partial charge < -0.3 is 25.5 Å². The molecule has 0 spiro atoms. The number of hydrogen-bond acceptors (Lipinski definition) is 6. The van der Waals surface area contributed by atoms with Crippen molar-refractivity contribution in [3.05, 3.63) is 59.2 Å². The van der Waals surface area contributed by atoms with Gasteiger partial charge in [-0.3, -0.25) is 9.36 Å². The molecule has 0 saturated carbocycles. The van der Waals surface area contributed by atoms with E-state index in [9.17, 15) is 20.1 Å². The van der Waals surface area contributed by atoms with Gasteiger partial charge in [0.25, 0.3) is 5.91 Å². The first-order valence-corrected chi connectivity index (χ1v) is 10.2. The highest BCUT2D eigenvalue weighted by Gasteiger charge is 2.24. The number of phenolic OH excluding ortho intramolecular Hbond substituents is 1. The lowest BCUT2D eigenvalue weighted by molar-refractivity contribution is 0.0824. The third-order valence-electron chi connectivity index (χ3n) is 5.27. The summed E-state index contributed by atoms with van der Waals surface area (Å²) in [6.45, 7) is 3.71. The summed E-state index contributed by atoms with van der Waals surface area (Å²) in [5.74, 6) is -1.10. The SMILES string of the molecule is CCC(=Nc1c(Nc2c(C)ccc(C(=O)N(C)C)c2O)c(O)n(C)c1O)c1ccccc1. The Labute approximate surface area is 187 Å². The first-order chi connectivity index (χ1) is 15.2. The van der Waals surface area contributed by atoms with Gasteiger partial charge in [-0.2, -0.15) is 0 Å². The molecule has 0 bridgehead atoms. The molecule has 32 heavy (non-hydrogen) atoms. The molecule has 1 amide bonds. The van der Waals surface area contributed by atoms with Gasteiger partial charge in [0.05, 0.1) is 11.3 Å². The van der Waals surface area contributed by atoms with Crippen LogP contribution in [-0.4, -0.2) is 50.5 Å². The van der Waals surface area contributed by atoms with E-state index in [1.807, 2.05) is 37.3 Å². The fourth-order valence-corrected chi connectivity index (χ4v) is 3.37. The average molecular weight is 437 g/mol. The smallest absolute Gasteiger partial charge is 0.257 e. The minimum Gasteiger partial charge on any atom is -0.505 e. The zero-order valence-electron chi connectivity index (χ0n) is 18.8. The van der Waals surface area contributed by atoms with E-state index in [-0.39, 0.29) is 46.0 Å². The number of hydrogen-bond donors (Lipinski definition) is 4. The predicted octanol–water partition coefficient (Wildman–Crippen LogP) is 4.43. The first-order valence-electron chi connectivity index (χ1n) is 10.2. The van der Waals surface area contributed by atoms with Gasteiger partial charge in [0.1, 0.15) is 5.69 Å². The van der Waals surface area contributed by atoms with Crippen molar-refractivity contribution in [1.29, 1.82) is 0 Å². The van der Waals surface area contributed by atoms with E-state index in [1.54, 1.807) is 33.2 Å². The number of nitrogens with one attached hydrogen (secondary N) is 1. The lowest BCUT2D eigenvalue weighted by Crippen LogP contribution is -2.22. The predicted molar refractivity (Wildman–Crippen MR) is 126 cm³/mol. The van der Waals surface area contributed by atoms with Crippen molar-refractivity contribution in [3.8, 4) is 17.5 Å². The van der Waals surface area contributed by atoms with Crippen molar-refractivity contribution in [3.63, 3.8) is 0 Å². The van der Waals surface area contributed by atoms with Gasteiger partial charge in [-0.15, -0.1) is 0 Å². The van der Waals surface area contributed by atoms with Crippen LogP contribution in [0.2, 0.25) is 0 Å². The lowest BCUT2D eigenvalue weighted by atomic mass is 10.1. The molecule has 2 aromatic carbocycles. The Kier molecular flexibility index (Phi) is 6.43. The number of aryl methyl sites for hydroxylation is 1. The molecular formula is C24H28N4O4. The number of amides is 1. The summed E-state index contributed by atoms with van der Waals surface area (Å²) in [6.07, 6.45) is 0.593. The van der Waals surface area contributed by atoms with Crippen molar-refractivity contribution in [2.45, 2.75) is 20.3 Å². The molecule has 1 aromatic heterocycles. The standard InChI is InChI=1S/C24H28N4O4/c1-6-17(15-10-8-7-9-11-15)25-19-20(24(32)28(5)23(19)31)26-18-14(2)12-13-16(21(18)29)22(30)27(3)4/h7-13,26,29,31-32H,6H2,1-5H3. The second-order valence-electron chi connectivity index (χ2n) is 7.69. The van der Waals surface area contributed by atoms with E-state index in [0.29, 0.717) is 17.7 Å². The van der Waals surface area contributed by atoms with Crippen LogP contribution in [-0.2, 0) is 7.05 Å². The van der Waals surface area contributed by atoms with Gasteiger partial charge in [-0.05, 0) is 30.5 Å². The van der Waals surface area contributed by atoms with Crippen LogP contribution in [0.4, 0.5) is 17.1 Å². The summed E-state index contributed by atoms with van der Waals surface area (Å²) in [6, 6.07) is 12.8. The Bertz CT molecular complexity index is 1180. The number of carbonyl (C=O) groups excluding carboxylic acids is 1. The largest absolute Gasteiger partial charge is 0.505 e. The van der Waals surface area contributed by atoms with Crippen LogP contribution in [0.3, 0.4) is 0 Å². The monoisotopic (exact) mass is 436 g/mol. The number of nitrogens with zero attached hydrogens (tertiary/aromatic N) is 3. The summed E-state index contributed by atoms with van der Waals surface area (Å²) < 4.78 is 1.20.